The Hall–Kier alpha value is -4.70. The van der Waals surface area contributed by atoms with E-state index >= 15 is 0 Å². The van der Waals surface area contributed by atoms with Gasteiger partial charge in [-0.25, -0.2) is 4.79 Å². The molecule has 5 rings (SSSR count). The first-order valence-electron chi connectivity index (χ1n) is 9.46. The van der Waals surface area contributed by atoms with Crippen LogP contribution in [0.4, 0.5) is 0 Å². The van der Waals surface area contributed by atoms with Gasteiger partial charge in [0.25, 0.3) is 5.56 Å². The molecule has 2 aliphatic heterocycles. The Morgan fingerprint density at radius 3 is 2.52 bits per heavy atom. The van der Waals surface area contributed by atoms with Gasteiger partial charge in [0.2, 0.25) is 0 Å². The predicted octanol–water partition coefficient (Wildman–Crippen LogP) is 3.84. The number of hydrogen-bond donors (Lipinski definition) is 1. The lowest BCUT2D eigenvalue weighted by atomic mass is 10.1. The van der Waals surface area contributed by atoms with Gasteiger partial charge in [-0.3, -0.25) is 14.3 Å². The minimum atomic E-state index is -0.737. The van der Waals surface area contributed by atoms with Crippen molar-refractivity contribution in [3.05, 3.63) is 105 Å². The van der Waals surface area contributed by atoms with Gasteiger partial charge in [0.1, 0.15) is 11.5 Å². The van der Waals surface area contributed by atoms with Crippen LogP contribution in [0.3, 0.4) is 0 Å². The first-order chi connectivity index (χ1) is 15.1. The zero-order chi connectivity index (χ0) is 21.4. The highest BCUT2D eigenvalue weighted by atomic mass is 16.5. The number of fused-ring (bicyclic) bond motifs is 2. The number of ether oxygens (including phenoxy) is 1. The molecule has 0 radical (unpaired) electrons. The molecule has 3 aromatic carbocycles. The molecular formula is C24H14N4O3. The lowest BCUT2D eigenvalue weighted by Crippen LogP contribution is -2.27. The first kappa shape index (κ1) is 18.3. The predicted molar refractivity (Wildman–Crippen MR) is 116 cm³/mol. The maximum Gasteiger partial charge on any atom is 0.349 e. The molecule has 0 amide bonds. The third-order valence-electron chi connectivity index (χ3n) is 4.88. The Morgan fingerprint density at radius 1 is 0.903 bits per heavy atom. The van der Waals surface area contributed by atoms with Crippen LogP contribution < -0.4 is 16.0 Å². The van der Waals surface area contributed by atoms with E-state index in [-0.39, 0.29) is 11.4 Å². The monoisotopic (exact) mass is 406 g/mol. The number of benzene rings is 3. The second kappa shape index (κ2) is 7.28. The van der Waals surface area contributed by atoms with E-state index in [4.69, 9.17) is 4.74 Å². The highest BCUT2D eigenvalue weighted by Gasteiger charge is 2.18. The van der Waals surface area contributed by atoms with Crippen molar-refractivity contribution < 1.29 is 4.74 Å². The maximum atomic E-state index is 12.5. The Bertz CT molecular complexity index is 1560. The van der Waals surface area contributed by atoms with Crippen LogP contribution in [0.5, 0.6) is 11.5 Å². The molecule has 0 unspecified atom stereocenters. The number of H-pyrrole nitrogens is 1. The molecule has 0 spiro atoms. The summed E-state index contributed by atoms with van der Waals surface area (Å²) in [6, 6.07) is 25.5. The summed E-state index contributed by atoms with van der Waals surface area (Å²) in [5.74, 6) is 1.45. The molecule has 2 aliphatic rings. The summed E-state index contributed by atoms with van der Waals surface area (Å²) >= 11 is 0. The highest BCUT2D eigenvalue weighted by Crippen LogP contribution is 2.30. The van der Waals surface area contributed by atoms with E-state index in [1.165, 1.54) is 0 Å². The van der Waals surface area contributed by atoms with Crippen molar-refractivity contribution in [1.29, 1.82) is 5.26 Å². The van der Waals surface area contributed by atoms with E-state index in [0.29, 0.717) is 28.3 Å². The van der Waals surface area contributed by atoms with Gasteiger partial charge in [0.05, 0.1) is 28.4 Å². The lowest BCUT2D eigenvalue weighted by molar-refractivity contribution is 0.482. The van der Waals surface area contributed by atoms with Crippen LogP contribution in [0.25, 0.3) is 28.0 Å². The van der Waals surface area contributed by atoms with Crippen LogP contribution in [-0.4, -0.2) is 14.5 Å². The quantitative estimate of drug-likeness (QED) is 0.459. The van der Waals surface area contributed by atoms with Gasteiger partial charge in [-0.1, -0.05) is 30.3 Å². The second-order valence-electron chi connectivity index (χ2n) is 6.89. The average Bonchev–Trinajstić information content (AvgIpc) is 2.78. The van der Waals surface area contributed by atoms with Crippen LogP contribution in [0, 0.1) is 11.3 Å². The third-order valence-corrected chi connectivity index (χ3v) is 4.88. The molecule has 3 aromatic rings. The Kier molecular flexibility index (Phi) is 4.31. The molecule has 0 aromatic heterocycles. The number of aromatic amines is 1. The Morgan fingerprint density at radius 2 is 1.71 bits per heavy atom. The molecule has 0 saturated heterocycles. The molecule has 1 N–H and O–H groups in total. The van der Waals surface area contributed by atoms with Crippen molar-refractivity contribution in [2.24, 2.45) is 0 Å². The zero-order valence-corrected chi connectivity index (χ0v) is 16.1. The third kappa shape index (κ3) is 3.32. The molecule has 2 heterocycles. The summed E-state index contributed by atoms with van der Waals surface area (Å²) in [5, 5.41) is 10.1. The molecule has 0 aliphatic carbocycles. The number of nitriles is 1. The van der Waals surface area contributed by atoms with Gasteiger partial charge in [0, 0.05) is 6.07 Å². The van der Waals surface area contributed by atoms with Crippen LogP contribution >= 0.6 is 0 Å². The molecular weight excluding hydrogens is 392 g/mol. The lowest BCUT2D eigenvalue weighted by Gasteiger charge is -2.18. The summed E-state index contributed by atoms with van der Waals surface area (Å²) in [6.07, 6.45) is 0. The van der Waals surface area contributed by atoms with Crippen molar-refractivity contribution in [2.45, 2.75) is 0 Å². The SMILES string of the molecule is N#Cc1ccc2cc3c(=O)[nH]c(=O)nc-3n(-c3cccc(Oc4ccccc4)c3)c2c1. The van der Waals surface area contributed by atoms with Gasteiger partial charge in [-0.2, -0.15) is 10.2 Å². The number of pyridine rings is 1. The number of aromatic nitrogens is 3. The van der Waals surface area contributed by atoms with Crippen LogP contribution in [0.2, 0.25) is 0 Å². The van der Waals surface area contributed by atoms with Crippen molar-refractivity contribution >= 4 is 10.9 Å². The average molecular weight is 406 g/mol. The van der Waals surface area contributed by atoms with E-state index < -0.39 is 11.2 Å². The minimum Gasteiger partial charge on any atom is -0.457 e. The number of hydrogen-bond acceptors (Lipinski definition) is 5. The highest BCUT2D eigenvalue weighted by molar-refractivity contribution is 5.88. The molecule has 0 saturated carbocycles. The van der Waals surface area contributed by atoms with Gasteiger partial charge in [-0.05, 0) is 47.9 Å². The van der Waals surface area contributed by atoms with E-state index in [1.807, 2.05) is 48.5 Å². The topological polar surface area (TPSA) is 101 Å². The van der Waals surface area contributed by atoms with E-state index in [1.54, 1.807) is 34.9 Å². The number of nitrogens with one attached hydrogen (secondary N) is 1. The van der Waals surface area contributed by atoms with Crippen molar-refractivity contribution in [1.82, 2.24) is 14.5 Å². The summed E-state index contributed by atoms with van der Waals surface area (Å²) in [7, 11) is 0. The smallest absolute Gasteiger partial charge is 0.349 e. The van der Waals surface area contributed by atoms with Crippen LogP contribution in [0.1, 0.15) is 5.56 Å². The number of nitrogens with zero attached hydrogens (tertiary/aromatic N) is 3. The summed E-state index contributed by atoms with van der Waals surface area (Å²) in [6.45, 7) is 0. The van der Waals surface area contributed by atoms with Gasteiger partial charge in [-0.15, -0.1) is 0 Å². The van der Waals surface area contributed by atoms with Crippen molar-refractivity contribution in [2.75, 3.05) is 0 Å². The Balaban J connectivity index is 1.80. The fourth-order valence-electron chi connectivity index (χ4n) is 3.52. The van der Waals surface area contributed by atoms with Gasteiger partial charge < -0.3 is 4.74 Å². The number of rotatable bonds is 3. The fraction of sp³-hybridized carbons (Fsp3) is 0. The fourth-order valence-corrected chi connectivity index (χ4v) is 3.52. The molecule has 0 atom stereocenters. The molecule has 31 heavy (non-hydrogen) atoms. The molecule has 7 nitrogen and oxygen atoms in total. The van der Waals surface area contributed by atoms with E-state index in [0.717, 1.165) is 5.39 Å². The van der Waals surface area contributed by atoms with E-state index in [9.17, 15) is 14.9 Å². The molecule has 148 valence electrons. The van der Waals surface area contributed by atoms with Gasteiger partial charge in [0.15, 0.2) is 5.82 Å². The first-order valence-corrected chi connectivity index (χ1v) is 9.46. The summed E-state index contributed by atoms with van der Waals surface area (Å²) in [5.41, 5.74) is 0.735. The number of para-hydroxylation sites is 1. The normalized spacial score (nSPS) is 10.8. The molecule has 0 bridgehead atoms. The maximum absolute atomic E-state index is 12.5. The largest absolute Gasteiger partial charge is 0.457 e. The van der Waals surface area contributed by atoms with Crippen molar-refractivity contribution in [3.63, 3.8) is 0 Å². The van der Waals surface area contributed by atoms with Crippen molar-refractivity contribution in [3.8, 4) is 34.6 Å². The van der Waals surface area contributed by atoms with Gasteiger partial charge >= 0.3 is 5.69 Å². The van der Waals surface area contributed by atoms with Crippen LogP contribution in [0.15, 0.2) is 88.5 Å². The van der Waals surface area contributed by atoms with E-state index in [2.05, 4.69) is 16.0 Å². The summed E-state index contributed by atoms with van der Waals surface area (Å²) < 4.78 is 7.64. The zero-order valence-electron chi connectivity index (χ0n) is 16.1. The molecule has 7 heteroatoms. The van der Waals surface area contributed by atoms with Crippen LogP contribution in [-0.2, 0) is 0 Å². The Labute approximate surface area is 175 Å². The molecule has 0 fully saturated rings. The summed E-state index contributed by atoms with van der Waals surface area (Å²) in [4.78, 5) is 30.7. The standard InChI is InChI=1S/C24H14N4O3/c25-14-15-9-10-16-12-20-22(26-24(30)27-23(20)29)28(21(16)11-15)17-5-4-8-19(13-17)31-18-6-2-1-3-7-18/h1-13H,(H,27,29,30). The minimum absolute atomic E-state index is 0.202. The second-order valence-corrected chi connectivity index (χ2v) is 6.89.